The van der Waals surface area contributed by atoms with Crippen molar-refractivity contribution >= 4 is 11.6 Å². The van der Waals surface area contributed by atoms with Crippen LogP contribution in [-0.4, -0.2) is 23.2 Å². The molecule has 0 spiro atoms. The molecule has 0 aromatic heterocycles. The number of carbonyl (C=O) groups excluding carboxylic acids is 1. The number of hydrogen-bond donors (Lipinski definition) is 1. The van der Waals surface area contributed by atoms with Gasteiger partial charge in [-0.1, -0.05) is 6.92 Å². The molecule has 124 valence electrons. The smallest absolute Gasteiger partial charge is 0.390 e. The second kappa shape index (κ2) is 5.53. The van der Waals surface area contributed by atoms with Gasteiger partial charge in [-0.3, -0.25) is 4.79 Å². The fraction of sp³-hybridized carbons (Fsp3) is 0.500. The number of alkyl halides is 3. The number of nitriles is 1. The van der Waals surface area contributed by atoms with Crippen molar-refractivity contribution in [3.8, 4) is 6.07 Å². The van der Waals surface area contributed by atoms with Crippen LogP contribution in [0.2, 0.25) is 0 Å². The molecule has 1 N–H and O–H groups in total. The van der Waals surface area contributed by atoms with Gasteiger partial charge < -0.3 is 10.0 Å². The van der Waals surface area contributed by atoms with Crippen LogP contribution >= 0.6 is 0 Å². The van der Waals surface area contributed by atoms with Gasteiger partial charge in [0.25, 0.3) is 0 Å². The Bertz CT molecular complexity index is 677. The van der Waals surface area contributed by atoms with E-state index in [2.05, 4.69) is 0 Å². The summed E-state index contributed by atoms with van der Waals surface area (Å²) in [5, 5.41) is 19.2. The lowest BCUT2D eigenvalue weighted by atomic mass is 9.86. The highest BCUT2D eigenvalue weighted by Gasteiger charge is 2.53. The van der Waals surface area contributed by atoms with Crippen LogP contribution in [0.25, 0.3) is 0 Å². The molecule has 2 atom stereocenters. The Morgan fingerprint density at radius 1 is 1.39 bits per heavy atom. The van der Waals surface area contributed by atoms with Crippen LogP contribution in [0, 0.1) is 16.7 Å². The standard InChI is InChI=1S/C16H17F3N2O2/c1-4-12-13(22)15(2,3)14(23)21(12)10-6-5-9(8-20)11(7-10)16(17,18)19/h5-7,12-13,22H,4H2,1-3H3/t12-,13+/m1/s1. The lowest BCUT2D eigenvalue weighted by Crippen LogP contribution is -2.36. The molecule has 1 amide bonds. The average Bonchev–Trinajstić information content (AvgIpc) is 2.65. The van der Waals surface area contributed by atoms with Crippen molar-refractivity contribution in [3.63, 3.8) is 0 Å². The van der Waals surface area contributed by atoms with E-state index in [1.165, 1.54) is 17.0 Å². The first kappa shape index (κ1) is 17.3. The Hall–Kier alpha value is -2.07. The van der Waals surface area contributed by atoms with Gasteiger partial charge >= 0.3 is 6.18 Å². The van der Waals surface area contributed by atoms with Crippen LogP contribution < -0.4 is 4.90 Å². The first-order valence-corrected chi connectivity index (χ1v) is 7.18. The van der Waals surface area contributed by atoms with Crippen LogP contribution in [0.15, 0.2) is 18.2 Å². The Morgan fingerprint density at radius 2 is 2.00 bits per heavy atom. The Balaban J connectivity index is 2.58. The minimum Gasteiger partial charge on any atom is -0.390 e. The quantitative estimate of drug-likeness (QED) is 0.908. The van der Waals surface area contributed by atoms with Crippen LogP contribution in [0.5, 0.6) is 0 Å². The fourth-order valence-electron chi connectivity index (χ4n) is 2.94. The number of benzene rings is 1. The van der Waals surface area contributed by atoms with Gasteiger partial charge in [0, 0.05) is 5.69 Å². The number of rotatable bonds is 2. The van der Waals surface area contributed by atoms with E-state index in [9.17, 15) is 23.1 Å². The van der Waals surface area contributed by atoms with Crippen molar-refractivity contribution in [3.05, 3.63) is 29.3 Å². The van der Waals surface area contributed by atoms with Gasteiger partial charge in [-0.25, -0.2) is 0 Å². The van der Waals surface area contributed by atoms with Gasteiger partial charge in [0.2, 0.25) is 5.91 Å². The van der Waals surface area contributed by atoms with Gasteiger partial charge in [-0.2, -0.15) is 18.4 Å². The first-order valence-electron chi connectivity index (χ1n) is 7.18. The molecule has 1 aliphatic heterocycles. The largest absolute Gasteiger partial charge is 0.417 e. The molecule has 0 radical (unpaired) electrons. The van der Waals surface area contributed by atoms with Gasteiger partial charge in [-0.15, -0.1) is 0 Å². The topological polar surface area (TPSA) is 64.3 Å². The van der Waals surface area contributed by atoms with Gasteiger partial charge in [0.05, 0.1) is 34.8 Å². The van der Waals surface area contributed by atoms with Crippen molar-refractivity contribution < 1.29 is 23.1 Å². The zero-order valence-electron chi connectivity index (χ0n) is 13.0. The van der Waals surface area contributed by atoms with Crippen LogP contribution in [0.1, 0.15) is 38.3 Å². The number of anilines is 1. The molecule has 0 unspecified atom stereocenters. The second-order valence-electron chi connectivity index (χ2n) is 6.16. The van der Waals surface area contributed by atoms with E-state index in [4.69, 9.17) is 5.26 Å². The number of nitrogens with zero attached hydrogens (tertiary/aromatic N) is 2. The van der Waals surface area contributed by atoms with E-state index in [0.717, 1.165) is 12.1 Å². The highest BCUT2D eigenvalue weighted by atomic mass is 19.4. The second-order valence-corrected chi connectivity index (χ2v) is 6.16. The summed E-state index contributed by atoms with van der Waals surface area (Å²) < 4.78 is 39.3. The summed E-state index contributed by atoms with van der Waals surface area (Å²) in [4.78, 5) is 13.8. The Morgan fingerprint density at radius 3 is 2.48 bits per heavy atom. The average molecular weight is 326 g/mol. The Labute approximate surface area is 132 Å². The molecular weight excluding hydrogens is 309 g/mol. The number of halogens is 3. The van der Waals surface area contributed by atoms with Crippen molar-refractivity contribution in [2.24, 2.45) is 5.41 Å². The molecule has 2 rings (SSSR count). The van der Waals surface area contributed by atoms with Crippen LogP contribution in [0.3, 0.4) is 0 Å². The van der Waals surface area contributed by atoms with Crippen molar-refractivity contribution in [2.45, 2.75) is 45.5 Å². The third-order valence-electron chi connectivity index (χ3n) is 4.33. The zero-order valence-corrected chi connectivity index (χ0v) is 13.0. The lowest BCUT2D eigenvalue weighted by Gasteiger charge is -2.26. The number of aliphatic hydroxyl groups is 1. The SMILES string of the molecule is CC[C@@H]1[C@H](O)C(C)(C)C(=O)N1c1ccc(C#N)c(C(F)(F)F)c1. The van der Waals surface area contributed by atoms with E-state index in [0.29, 0.717) is 6.42 Å². The summed E-state index contributed by atoms with van der Waals surface area (Å²) >= 11 is 0. The van der Waals surface area contributed by atoms with Crippen molar-refractivity contribution in [1.82, 2.24) is 0 Å². The molecule has 1 aromatic rings. The van der Waals surface area contributed by atoms with Gasteiger partial charge in [0.15, 0.2) is 0 Å². The normalized spacial score (nSPS) is 23.9. The van der Waals surface area contributed by atoms with Gasteiger partial charge in [-0.05, 0) is 38.5 Å². The minimum atomic E-state index is -4.69. The summed E-state index contributed by atoms with van der Waals surface area (Å²) in [6.07, 6.45) is -5.28. The third kappa shape index (κ3) is 2.68. The lowest BCUT2D eigenvalue weighted by molar-refractivity contribution is -0.137. The number of amides is 1. The predicted molar refractivity (Wildman–Crippen MR) is 77.5 cm³/mol. The summed E-state index contributed by atoms with van der Waals surface area (Å²) in [7, 11) is 0. The monoisotopic (exact) mass is 326 g/mol. The number of carbonyl (C=O) groups is 1. The molecule has 7 heteroatoms. The van der Waals surface area contributed by atoms with Gasteiger partial charge in [0.1, 0.15) is 0 Å². The van der Waals surface area contributed by atoms with E-state index < -0.39 is 40.8 Å². The highest BCUT2D eigenvalue weighted by molar-refractivity contribution is 6.01. The first-order chi connectivity index (χ1) is 10.6. The van der Waals surface area contributed by atoms with Crippen molar-refractivity contribution in [1.29, 1.82) is 5.26 Å². The van der Waals surface area contributed by atoms with Crippen LogP contribution in [-0.2, 0) is 11.0 Å². The summed E-state index contributed by atoms with van der Waals surface area (Å²) in [5.74, 6) is -0.435. The molecule has 1 heterocycles. The molecule has 1 aliphatic rings. The maximum Gasteiger partial charge on any atom is 0.417 e. The minimum absolute atomic E-state index is 0.0396. The molecule has 23 heavy (non-hydrogen) atoms. The molecule has 1 aromatic carbocycles. The maximum atomic E-state index is 13.1. The number of aliphatic hydroxyl groups excluding tert-OH is 1. The summed E-state index contributed by atoms with van der Waals surface area (Å²) in [5.41, 5.74) is -2.62. The van der Waals surface area contributed by atoms with E-state index in [1.54, 1.807) is 20.8 Å². The zero-order chi connectivity index (χ0) is 17.6. The summed E-state index contributed by atoms with van der Waals surface area (Å²) in [6.45, 7) is 4.89. The fourth-order valence-corrected chi connectivity index (χ4v) is 2.94. The van der Waals surface area contributed by atoms with Crippen molar-refractivity contribution in [2.75, 3.05) is 4.90 Å². The highest BCUT2D eigenvalue weighted by Crippen LogP contribution is 2.42. The molecular formula is C16H17F3N2O2. The van der Waals surface area contributed by atoms with E-state index in [-0.39, 0.29) is 5.69 Å². The molecule has 4 nitrogen and oxygen atoms in total. The molecule has 0 bridgehead atoms. The van der Waals surface area contributed by atoms with Crippen LogP contribution in [0.4, 0.5) is 18.9 Å². The molecule has 1 saturated heterocycles. The Kier molecular flexibility index (Phi) is 4.16. The van der Waals surface area contributed by atoms with E-state index in [1.807, 2.05) is 0 Å². The maximum absolute atomic E-state index is 13.1. The predicted octanol–water partition coefficient (Wildman–Crippen LogP) is 3.09. The molecule has 1 fully saturated rings. The third-order valence-corrected chi connectivity index (χ3v) is 4.33. The number of hydrogen-bond acceptors (Lipinski definition) is 3. The summed E-state index contributed by atoms with van der Waals surface area (Å²) in [6, 6.07) is 4.06. The molecule has 0 aliphatic carbocycles. The van der Waals surface area contributed by atoms with E-state index >= 15 is 0 Å². The molecule has 0 saturated carbocycles.